The van der Waals surface area contributed by atoms with Gasteiger partial charge in [-0.25, -0.2) is 0 Å². The van der Waals surface area contributed by atoms with E-state index in [0.29, 0.717) is 0 Å². The van der Waals surface area contributed by atoms with Crippen LogP contribution in [0.25, 0.3) is 0 Å². The first-order valence-corrected chi connectivity index (χ1v) is 10.3. The van der Waals surface area contributed by atoms with Crippen LogP contribution in [0.3, 0.4) is 0 Å². The predicted molar refractivity (Wildman–Crippen MR) is 54.6 cm³/mol. The molecule has 90 valence electrons. The molecule has 1 unspecified atom stereocenters. The van der Waals surface area contributed by atoms with E-state index in [4.69, 9.17) is 11.6 Å². The van der Waals surface area contributed by atoms with Crippen molar-refractivity contribution in [1.82, 2.24) is 0 Å². The molecule has 1 aromatic carbocycles. The van der Waals surface area contributed by atoms with Crippen LogP contribution in [0.1, 0.15) is 0 Å². The Balaban J connectivity index is 0.000000265. The van der Waals surface area contributed by atoms with E-state index in [9.17, 15) is 16.9 Å². The summed E-state index contributed by atoms with van der Waals surface area (Å²) < 4.78 is 59.6. The third kappa shape index (κ3) is 20.4. The van der Waals surface area contributed by atoms with Gasteiger partial charge >= 0.3 is 36.4 Å². The minimum absolute atomic E-state index is 0.806. The largest absolute Gasteiger partial charge is 0.0866 e. The molecule has 0 heterocycles. The Bertz CT molecular complexity index is 297. The van der Waals surface area contributed by atoms with Crippen molar-refractivity contribution in [3.05, 3.63) is 29.3 Å². The molecule has 0 aliphatic carbocycles. The fourth-order valence-electron chi connectivity index (χ4n) is 0.484. The van der Waals surface area contributed by atoms with Crippen LogP contribution in [0.2, 0.25) is 5.02 Å². The van der Waals surface area contributed by atoms with Gasteiger partial charge in [0.05, 0.1) is 5.30 Å². The smallest absolute Gasteiger partial charge is 0.0843 e. The molecule has 0 N–H and O–H groups in total. The second kappa shape index (κ2) is 3.97. The van der Waals surface area contributed by atoms with Gasteiger partial charge in [0.1, 0.15) is 0 Å². The summed E-state index contributed by atoms with van der Waals surface area (Å²) in [6, 6.07) is 7.79. The second-order valence-corrected chi connectivity index (χ2v) is 9.31. The van der Waals surface area contributed by atoms with Crippen LogP contribution in [0.4, 0.5) is 16.9 Å². The summed E-state index contributed by atoms with van der Waals surface area (Å²) in [5.74, 6) is 0. The van der Waals surface area contributed by atoms with Gasteiger partial charge in [0, 0.05) is 14.3 Å². The summed E-state index contributed by atoms with van der Waals surface area (Å²) in [7, 11) is 1.85. The fraction of sp³-hybridized carbons (Fsp3) is 0. The first kappa shape index (κ1) is 15.3. The quantitative estimate of drug-likeness (QED) is 0.365. The number of benzene rings is 1. The van der Waals surface area contributed by atoms with Crippen molar-refractivity contribution in [3.8, 4) is 0 Å². The van der Waals surface area contributed by atoms with Gasteiger partial charge in [0.2, 0.25) is 0 Å². The molecule has 0 saturated heterocycles. The topological polar surface area (TPSA) is 0 Å². The van der Waals surface area contributed by atoms with Gasteiger partial charge in [-0.15, -0.1) is 0 Å². The summed E-state index contributed by atoms with van der Waals surface area (Å²) in [6.45, 7) is 0. The van der Waals surface area contributed by atoms with Crippen LogP contribution >= 0.6 is 20.8 Å². The predicted octanol–water partition coefficient (Wildman–Crippen LogP) is 3.71. The molecule has 1 rings (SSSR count). The van der Waals surface area contributed by atoms with Gasteiger partial charge in [0.25, 0.3) is 0 Å². The van der Waals surface area contributed by atoms with E-state index in [2.05, 4.69) is 0 Å². The molecule has 0 bridgehead atoms. The Morgan fingerprint density at radius 2 is 1.13 bits per heavy atom. The van der Waals surface area contributed by atoms with Crippen LogP contribution in [-0.4, -0.2) is 19.5 Å². The Morgan fingerprint density at radius 3 is 1.33 bits per heavy atom. The van der Waals surface area contributed by atoms with Gasteiger partial charge < -0.3 is 0 Å². The van der Waals surface area contributed by atoms with Crippen molar-refractivity contribution >= 4 is 45.6 Å². The number of hydrogen-bond acceptors (Lipinski definition) is 0. The maximum absolute atomic E-state index is 11.2. The first-order chi connectivity index (χ1) is 6.24. The normalized spacial score (nSPS) is 15.9. The summed E-state index contributed by atoms with van der Waals surface area (Å²) in [5.41, 5.74) is 0. The number of rotatable bonds is 0. The van der Waals surface area contributed by atoms with Gasteiger partial charge in [-0.1, -0.05) is 11.6 Å². The average molecular weight is 381 g/mol. The zero-order valence-corrected chi connectivity index (χ0v) is 11.8. The molecule has 15 heavy (non-hydrogen) atoms. The number of halogens is 7. The van der Waals surface area contributed by atoms with Crippen molar-refractivity contribution in [2.24, 2.45) is 0 Å². The van der Waals surface area contributed by atoms with Crippen molar-refractivity contribution in [3.63, 3.8) is 0 Å². The van der Waals surface area contributed by atoms with Crippen LogP contribution in [0, 0.1) is 0 Å². The molecule has 0 nitrogen and oxygen atoms in total. The van der Waals surface area contributed by atoms with Crippen molar-refractivity contribution in [1.29, 1.82) is 0 Å². The van der Waals surface area contributed by atoms with Gasteiger partial charge in [0.15, 0.2) is 0 Å². The fourth-order valence-corrected chi connectivity index (χ4v) is 0.846. The van der Waals surface area contributed by atoms with Crippen LogP contribution in [-0.2, 0) is 0 Å². The molecule has 0 aliphatic heterocycles. The van der Waals surface area contributed by atoms with Crippen molar-refractivity contribution < 1.29 is 16.9 Å². The first-order valence-electron chi connectivity index (χ1n) is 3.38. The zero-order chi connectivity index (χ0) is 12.4. The van der Waals surface area contributed by atoms with Gasteiger partial charge in [-0.05, 0) is 24.3 Å². The molecule has 1 atom stereocenters. The number of hydrogen-bond donors (Lipinski definition) is 0. The Hall–Kier alpha value is 0.338. The second-order valence-electron chi connectivity index (χ2n) is 2.58. The Labute approximate surface area is 91.7 Å². The minimum Gasteiger partial charge on any atom is -0.0843 e. The Kier molecular flexibility index (Phi) is 4.06. The molecular formula is C6H7ClF6PSb. The molecule has 0 saturated carbocycles. The molecule has 9 heteroatoms. The summed E-state index contributed by atoms with van der Waals surface area (Å²) >= 11 is -5.64. The molecule has 0 aromatic heterocycles. The molecule has 0 spiro atoms. The molecule has 0 aliphatic rings. The maximum Gasteiger partial charge on any atom is 0.0866 e. The molecule has 0 amide bonds. The van der Waals surface area contributed by atoms with E-state index in [1.165, 1.54) is 5.30 Å². The van der Waals surface area contributed by atoms with E-state index < -0.39 is 19.5 Å². The van der Waals surface area contributed by atoms with Crippen molar-refractivity contribution in [2.75, 3.05) is 0 Å². The van der Waals surface area contributed by atoms with E-state index in [1.54, 1.807) is 0 Å². The SMILES string of the molecule is [F][Sb-]([F])([F])([F])([F])[F].[PH3+]c1ccc(Cl)cc1. The van der Waals surface area contributed by atoms with Gasteiger partial charge in [-0.3, -0.25) is 0 Å². The minimum atomic E-state index is -11.2. The van der Waals surface area contributed by atoms with Crippen LogP contribution in [0.15, 0.2) is 24.3 Å². The average Bonchev–Trinajstić information content (AvgIpc) is 1.88. The molecule has 0 fully saturated rings. The third-order valence-electron chi connectivity index (χ3n) is 0.913. The zero-order valence-electron chi connectivity index (χ0n) is 7.11. The Morgan fingerprint density at radius 1 is 0.867 bits per heavy atom. The monoisotopic (exact) mass is 380 g/mol. The standard InChI is InChI=1S/C6H6ClP.6FH.Sb/c7-5-1-3-6(8)4-2-5;;;;;;;/h1-4H,8H2;6*1H;/q;;;;;;;+5/p-5. The van der Waals surface area contributed by atoms with E-state index in [1.807, 2.05) is 33.5 Å². The van der Waals surface area contributed by atoms with Crippen molar-refractivity contribution in [2.45, 2.75) is 0 Å². The van der Waals surface area contributed by atoms with E-state index in [0.717, 1.165) is 5.02 Å². The summed E-state index contributed by atoms with van der Waals surface area (Å²) in [5, 5.41) is 2.08. The summed E-state index contributed by atoms with van der Waals surface area (Å²) in [4.78, 5) is 0. The third-order valence-corrected chi connectivity index (χ3v) is 1.64. The summed E-state index contributed by atoms with van der Waals surface area (Å²) in [6.07, 6.45) is 0. The van der Waals surface area contributed by atoms with E-state index in [-0.39, 0.29) is 0 Å². The molecule has 1 aromatic rings. The van der Waals surface area contributed by atoms with E-state index >= 15 is 0 Å². The van der Waals surface area contributed by atoms with Crippen LogP contribution < -0.4 is 5.30 Å². The van der Waals surface area contributed by atoms with Crippen LogP contribution in [0.5, 0.6) is 0 Å². The maximum atomic E-state index is 9.93. The van der Waals surface area contributed by atoms with Gasteiger partial charge in [-0.2, -0.15) is 0 Å². The molecular weight excluding hydrogens is 374 g/mol. The molecule has 0 radical (unpaired) electrons.